The lowest BCUT2D eigenvalue weighted by Gasteiger charge is -2.16. The van der Waals surface area contributed by atoms with Gasteiger partial charge >= 0.3 is 0 Å². The highest BCUT2D eigenvalue weighted by Crippen LogP contribution is 2.31. The van der Waals surface area contributed by atoms with Crippen molar-refractivity contribution in [2.75, 3.05) is 0 Å². The monoisotopic (exact) mass is 411 g/mol. The van der Waals surface area contributed by atoms with Gasteiger partial charge in [-0.05, 0) is 48.6 Å². The lowest BCUT2D eigenvalue weighted by Crippen LogP contribution is -2.44. The molecule has 9 heteroatoms. The molecular formula is C16H11Cl2N3O2S2. The van der Waals surface area contributed by atoms with Crippen LogP contribution < -0.4 is 5.43 Å². The number of aryl methyl sites for hydroxylation is 1. The second kappa shape index (κ2) is 7.21. The zero-order valence-electron chi connectivity index (χ0n) is 12.8. The first-order valence-corrected chi connectivity index (χ1v) is 9.00. The number of aromatic nitrogens is 1. The number of thiocarbonyl (C=S) groups is 1. The zero-order valence-corrected chi connectivity index (χ0v) is 16.0. The van der Waals surface area contributed by atoms with E-state index in [-0.39, 0.29) is 14.9 Å². The molecule has 0 radical (unpaired) electrons. The quantitative estimate of drug-likeness (QED) is 0.614. The molecule has 1 N–H and O–H groups in total. The van der Waals surface area contributed by atoms with Gasteiger partial charge in [-0.1, -0.05) is 35.0 Å². The summed E-state index contributed by atoms with van der Waals surface area (Å²) in [6, 6.07) is 8.23. The molecule has 1 saturated heterocycles. The summed E-state index contributed by atoms with van der Waals surface area (Å²) in [5.41, 5.74) is 3.54. The van der Waals surface area contributed by atoms with Crippen LogP contribution in [0.5, 0.6) is 0 Å². The Morgan fingerprint density at radius 2 is 2.08 bits per heavy atom. The molecule has 0 bridgehead atoms. The van der Waals surface area contributed by atoms with Gasteiger partial charge in [-0.3, -0.25) is 15.0 Å². The molecule has 0 saturated carbocycles. The van der Waals surface area contributed by atoms with Crippen molar-refractivity contribution in [3.63, 3.8) is 0 Å². The summed E-state index contributed by atoms with van der Waals surface area (Å²) in [7, 11) is 1.87. The Balaban J connectivity index is 1.80. The molecule has 1 aromatic heterocycles. The molecule has 0 aliphatic carbocycles. The van der Waals surface area contributed by atoms with Crippen LogP contribution in [0.1, 0.15) is 16.1 Å². The molecule has 1 fully saturated rings. The van der Waals surface area contributed by atoms with Crippen LogP contribution in [0.15, 0.2) is 41.4 Å². The van der Waals surface area contributed by atoms with E-state index in [2.05, 4.69) is 5.43 Å². The smallest absolute Gasteiger partial charge is 0.285 e. The van der Waals surface area contributed by atoms with E-state index >= 15 is 0 Å². The van der Waals surface area contributed by atoms with Gasteiger partial charge in [-0.15, -0.1) is 0 Å². The van der Waals surface area contributed by atoms with Crippen molar-refractivity contribution >= 4 is 69.4 Å². The SMILES string of the molecule is Cn1cccc1/C=C1\SC(=S)N(NC(=O)c2ccc(Cl)cc2Cl)C1=O. The Morgan fingerprint density at radius 3 is 2.72 bits per heavy atom. The van der Waals surface area contributed by atoms with Crippen LogP contribution in [0.25, 0.3) is 6.08 Å². The minimum absolute atomic E-state index is 0.190. The topological polar surface area (TPSA) is 54.3 Å². The summed E-state index contributed by atoms with van der Waals surface area (Å²) in [4.78, 5) is 25.3. The fraction of sp³-hybridized carbons (Fsp3) is 0.0625. The number of halogens is 2. The van der Waals surface area contributed by atoms with Crippen LogP contribution in [0.2, 0.25) is 10.0 Å². The number of rotatable bonds is 3. The van der Waals surface area contributed by atoms with Crippen molar-refractivity contribution in [2.45, 2.75) is 0 Å². The minimum atomic E-state index is -0.543. The van der Waals surface area contributed by atoms with E-state index in [9.17, 15) is 9.59 Å². The first kappa shape index (κ1) is 18.0. The predicted molar refractivity (Wildman–Crippen MR) is 104 cm³/mol. The molecule has 5 nitrogen and oxygen atoms in total. The molecule has 1 aliphatic rings. The largest absolute Gasteiger partial charge is 0.351 e. The van der Waals surface area contributed by atoms with Gasteiger partial charge in [0, 0.05) is 24.0 Å². The summed E-state index contributed by atoms with van der Waals surface area (Å²) in [5.74, 6) is -0.937. The van der Waals surface area contributed by atoms with E-state index in [4.69, 9.17) is 35.4 Å². The third kappa shape index (κ3) is 3.74. The molecule has 2 amide bonds. The maximum atomic E-state index is 12.5. The maximum absolute atomic E-state index is 12.5. The van der Waals surface area contributed by atoms with Crippen LogP contribution in [0.4, 0.5) is 0 Å². The summed E-state index contributed by atoms with van der Waals surface area (Å²) in [6.07, 6.45) is 3.59. The molecule has 1 aliphatic heterocycles. The number of nitrogens with zero attached hydrogens (tertiary/aromatic N) is 2. The lowest BCUT2D eigenvalue weighted by molar-refractivity contribution is -0.123. The molecule has 0 atom stereocenters. The number of benzene rings is 1. The molecule has 25 heavy (non-hydrogen) atoms. The van der Waals surface area contributed by atoms with Crippen molar-refractivity contribution in [3.05, 3.63) is 62.7 Å². The van der Waals surface area contributed by atoms with E-state index in [1.54, 1.807) is 12.1 Å². The van der Waals surface area contributed by atoms with Crippen LogP contribution >= 0.6 is 47.2 Å². The molecule has 0 spiro atoms. The fourth-order valence-electron chi connectivity index (χ4n) is 2.16. The highest BCUT2D eigenvalue weighted by Gasteiger charge is 2.34. The Kier molecular flexibility index (Phi) is 5.19. The van der Waals surface area contributed by atoms with Crippen molar-refractivity contribution in [2.24, 2.45) is 7.05 Å². The standard InChI is InChI=1S/C16H11Cl2N3O2S2/c1-20-6-2-3-10(20)8-13-15(23)21(16(24)25-13)19-14(22)11-5-4-9(17)7-12(11)18/h2-8H,1H3,(H,19,22)/b13-8-. The van der Waals surface area contributed by atoms with Crippen molar-refractivity contribution < 1.29 is 9.59 Å². The van der Waals surface area contributed by atoms with Gasteiger partial charge in [0.25, 0.3) is 11.8 Å². The second-order valence-corrected chi connectivity index (χ2v) is 7.65. The van der Waals surface area contributed by atoms with Crippen molar-refractivity contribution in [3.8, 4) is 0 Å². The maximum Gasteiger partial charge on any atom is 0.285 e. The number of carbonyl (C=O) groups is 2. The van der Waals surface area contributed by atoms with Gasteiger partial charge < -0.3 is 4.57 Å². The predicted octanol–water partition coefficient (Wildman–Crippen LogP) is 3.88. The number of thioether (sulfide) groups is 1. The van der Waals surface area contributed by atoms with E-state index in [0.717, 1.165) is 22.5 Å². The lowest BCUT2D eigenvalue weighted by atomic mass is 10.2. The number of hydrogen-bond donors (Lipinski definition) is 1. The summed E-state index contributed by atoms with van der Waals surface area (Å²) < 4.78 is 2.11. The van der Waals surface area contributed by atoms with Gasteiger partial charge in [0.2, 0.25) is 0 Å². The first-order chi connectivity index (χ1) is 11.9. The number of hydrazine groups is 1. The van der Waals surface area contributed by atoms with Crippen LogP contribution in [-0.4, -0.2) is 25.7 Å². The summed E-state index contributed by atoms with van der Waals surface area (Å²) in [5, 5.41) is 1.65. The highest BCUT2D eigenvalue weighted by atomic mass is 35.5. The summed E-state index contributed by atoms with van der Waals surface area (Å²) in [6.45, 7) is 0. The Hall–Kier alpha value is -1.80. The zero-order chi connectivity index (χ0) is 18.1. The highest BCUT2D eigenvalue weighted by molar-refractivity contribution is 8.26. The third-order valence-electron chi connectivity index (χ3n) is 3.45. The van der Waals surface area contributed by atoms with E-state index in [1.165, 1.54) is 12.1 Å². The van der Waals surface area contributed by atoms with Gasteiger partial charge in [-0.2, -0.15) is 5.01 Å². The second-order valence-electron chi connectivity index (χ2n) is 5.13. The molecule has 3 rings (SSSR count). The summed E-state index contributed by atoms with van der Waals surface area (Å²) >= 11 is 18.2. The number of nitrogens with one attached hydrogen (secondary N) is 1. The average molecular weight is 412 g/mol. The third-order valence-corrected chi connectivity index (χ3v) is 5.30. The van der Waals surface area contributed by atoms with Gasteiger partial charge in [-0.25, -0.2) is 0 Å². The van der Waals surface area contributed by atoms with Crippen LogP contribution in [-0.2, 0) is 11.8 Å². The average Bonchev–Trinajstić information content (AvgIpc) is 3.06. The molecule has 1 aromatic carbocycles. The van der Waals surface area contributed by atoms with E-state index < -0.39 is 11.8 Å². The van der Waals surface area contributed by atoms with Crippen molar-refractivity contribution in [1.29, 1.82) is 0 Å². The fourth-order valence-corrected chi connectivity index (χ4v) is 3.82. The number of carbonyl (C=O) groups excluding carboxylic acids is 2. The normalized spacial score (nSPS) is 16.0. The molecule has 128 valence electrons. The van der Waals surface area contributed by atoms with Crippen LogP contribution in [0, 0.1) is 0 Å². The molecule has 2 aromatic rings. The van der Waals surface area contributed by atoms with Gasteiger partial charge in [0.15, 0.2) is 4.32 Å². The minimum Gasteiger partial charge on any atom is -0.351 e. The van der Waals surface area contributed by atoms with E-state index in [0.29, 0.717) is 9.93 Å². The Bertz CT molecular complexity index is 924. The Morgan fingerprint density at radius 1 is 1.32 bits per heavy atom. The van der Waals surface area contributed by atoms with Crippen LogP contribution in [0.3, 0.4) is 0 Å². The van der Waals surface area contributed by atoms with Crippen molar-refractivity contribution in [1.82, 2.24) is 15.0 Å². The van der Waals surface area contributed by atoms with E-state index in [1.807, 2.05) is 29.9 Å². The number of amides is 2. The first-order valence-electron chi connectivity index (χ1n) is 7.02. The van der Waals surface area contributed by atoms with Gasteiger partial charge in [0.05, 0.1) is 15.5 Å². The Labute approximate surface area is 163 Å². The van der Waals surface area contributed by atoms with Gasteiger partial charge in [0.1, 0.15) is 0 Å². The molecule has 2 heterocycles. The molecule has 0 unspecified atom stereocenters. The number of hydrogen-bond acceptors (Lipinski definition) is 4. The molecular weight excluding hydrogens is 401 g/mol.